The van der Waals surface area contributed by atoms with Gasteiger partial charge in [-0.15, -0.1) is 0 Å². The minimum Gasteiger partial charge on any atom is -0.491 e. The second-order valence-corrected chi connectivity index (χ2v) is 8.80. The first-order chi connectivity index (χ1) is 16.8. The molecule has 0 bridgehead atoms. The Labute approximate surface area is 203 Å². The molecule has 4 aromatic rings. The van der Waals surface area contributed by atoms with Crippen molar-refractivity contribution in [3.8, 4) is 17.0 Å². The van der Waals surface area contributed by atoms with Gasteiger partial charge in [0.25, 0.3) is 5.91 Å². The molecule has 0 spiro atoms. The number of nitrogens with zero attached hydrogens (tertiary/aromatic N) is 5. The lowest BCUT2D eigenvalue weighted by molar-refractivity contribution is 0.0930. The van der Waals surface area contributed by atoms with E-state index in [4.69, 9.17) is 20.3 Å². The van der Waals surface area contributed by atoms with Gasteiger partial charge in [0.15, 0.2) is 5.65 Å². The monoisotopic (exact) mass is 475 g/mol. The van der Waals surface area contributed by atoms with Gasteiger partial charge in [0.2, 0.25) is 0 Å². The summed E-state index contributed by atoms with van der Waals surface area (Å²) < 4.78 is 12.4. The van der Waals surface area contributed by atoms with E-state index in [1.165, 1.54) is 12.5 Å². The van der Waals surface area contributed by atoms with Crippen LogP contribution < -0.4 is 15.8 Å². The third-order valence-corrected chi connectivity index (χ3v) is 5.59. The van der Waals surface area contributed by atoms with Gasteiger partial charge in [-0.05, 0) is 26.8 Å². The average Bonchev–Trinajstić information content (AvgIpc) is 3.25. The first-order valence-corrected chi connectivity index (χ1v) is 11.2. The number of carbonyl (C=O) groups is 1. The largest absolute Gasteiger partial charge is 0.491 e. The summed E-state index contributed by atoms with van der Waals surface area (Å²) in [5.41, 5.74) is 9.21. The zero-order valence-electron chi connectivity index (χ0n) is 20.3. The molecule has 4 rings (SSSR count). The van der Waals surface area contributed by atoms with Gasteiger partial charge in [-0.1, -0.05) is 29.8 Å². The molecule has 182 valence electrons. The lowest BCUT2D eigenvalue weighted by Crippen LogP contribution is -2.41. The number of anilines is 1. The number of hydrogen-bond acceptors (Lipinski definition) is 8. The van der Waals surface area contributed by atoms with E-state index in [1.54, 1.807) is 23.9 Å². The summed E-state index contributed by atoms with van der Waals surface area (Å²) in [6.07, 6.45) is 2.96. The van der Waals surface area contributed by atoms with E-state index in [0.717, 1.165) is 11.1 Å². The molecule has 1 amide bonds. The third-order valence-electron chi connectivity index (χ3n) is 5.59. The minimum atomic E-state index is -0.635. The Kier molecular flexibility index (Phi) is 6.92. The van der Waals surface area contributed by atoms with Gasteiger partial charge in [0.1, 0.15) is 35.9 Å². The third kappa shape index (κ3) is 5.22. The van der Waals surface area contributed by atoms with Gasteiger partial charge in [-0.25, -0.2) is 14.6 Å². The molecule has 3 aromatic heterocycles. The van der Waals surface area contributed by atoms with Crippen LogP contribution in [0.4, 0.5) is 5.82 Å². The van der Waals surface area contributed by atoms with Crippen molar-refractivity contribution in [2.75, 3.05) is 32.6 Å². The highest BCUT2D eigenvalue weighted by atomic mass is 16.5. The highest BCUT2D eigenvalue weighted by Crippen LogP contribution is 2.33. The van der Waals surface area contributed by atoms with Crippen LogP contribution in [0, 0.1) is 6.92 Å². The Balaban J connectivity index is 1.58. The number of hydrogen-bond donors (Lipinski definition) is 2. The number of ether oxygens (including phenoxy) is 2. The van der Waals surface area contributed by atoms with Crippen LogP contribution in [0.3, 0.4) is 0 Å². The molecule has 0 aliphatic heterocycles. The number of nitrogens with two attached hydrogens (primary N) is 1. The van der Waals surface area contributed by atoms with Crippen molar-refractivity contribution in [3.63, 3.8) is 0 Å². The van der Waals surface area contributed by atoms with E-state index >= 15 is 0 Å². The predicted octanol–water partition coefficient (Wildman–Crippen LogP) is 2.97. The lowest BCUT2D eigenvalue weighted by atomic mass is 10.1. The van der Waals surface area contributed by atoms with Crippen molar-refractivity contribution >= 4 is 22.8 Å². The fourth-order valence-electron chi connectivity index (χ4n) is 3.64. The molecule has 0 saturated carbocycles. The number of carbonyl (C=O) groups excluding carboxylic acids is 1. The molecule has 0 saturated heterocycles. The number of amides is 1. The van der Waals surface area contributed by atoms with Crippen LogP contribution in [0.15, 0.2) is 48.9 Å². The molecule has 0 aliphatic rings. The summed E-state index contributed by atoms with van der Waals surface area (Å²) in [6, 6.07) is 11.3. The smallest absolute Gasteiger partial charge is 0.270 e. The summed E-state index contributed by atoms with van der Waals surface area (Å²) in [5.74, 6) is 0.584. The van der Waals surface area contributed by atoms with Crippen LogP contribution in [0.25, 0.3) is 22.3 Å². The first kappa shape index (κ1) is 24.1. The molecule has 10 nitrogen and oxygen atoms in total. The van der Waals surface area contributed by atoms with Crippen LogP contribution >= 0.6 is 0 Å². The topological polar surface area (TPSA) is 130 Å². The molecule has 35 heavy (non-hydrogen) atoms. The van der Waals surface area contributed by atoms with E-state index < -0.39 is 5.54 Å². The number of nitrogens with one attached hydrogen (secondary N) is 1. The molecule has 0 fully saturated rings. The standard InChI is InChI=1S/C25H29N7O3/c1-16-5-7-17(8-6-16)21-20-22(26)29-15-30-23(20)32(31-21)25(2,3)14-28-24(33)19-13-18(9-10-27-19)35-12-11-34-4/h5-10,13,15H,11-12,14H2,1-4H3,(H,28,33)(H2,26,29,30). The molecular weight excluding hydrogens is 446 g/mol. The lowest BCUT2D eigenvalue weighted by Gasteiger charge is -2.26. The van der Waals surface area contributed by atoms with Crippen molar-refractivity contribution in [3.05, 3.63) is 60.2 Å². The van der Waals surface area contributed by atoms with E-state index in [-0.39, 0.29) is 18.1 Å². The fraction of sp³-hybridized carbons (Fsp3) is 0.320. The Hall–Kier alpha value is -4.05. The number of fused-ring (bicyclic) bond motifs is 1. The van der Waals surface area contributed by atoms with Crippen molar-refractivity contribution in [2.45, 2.75) is 26.3 Å². The maximum Gasteiger partial charge on any atom is 0.270 e. The summed E-state index contributed by atoms with van der Waals surface area (Å²) in [7, 11) is 1.60. The molecule has 0 unspecified atom stereocenters. The number of aryl methyl sites for hydroxylation is 1. The fourth-order valence-corrected chi connectivity index (χ4v) is 3.64. The molecule has 3 heterocycles. The molecule has 3 N–H and O–H groups in total. The van der Waals surface area contributed by atoms with Crippen LogP contribution in [-0.2, 0) is 10.3 Å². The van der Waals surface area contributed by atoms with Crippen molar-refractivity contribution in [1.29, 1.82) is 0 Å². The second-order valence-electron chi connectivity index (χ2n) is 8.80. The summed E-state index contributed by atoms with van der Waals surface area (Å²) >= 11 is 0. The number of benzene rings is 1. The summed E-state index contributed by atoms with van der Waals surface area (Å²) in [6.45, 7) is 7.07. The van der Waals surface area contributed by atoms with E-state index in [2.05, 4.69) is 20.3 Å². The average molecular weight is 476 g/mol. The van der Waals surface area contributed by atoms with E-state index in [9.17, 15) is 4.79 Å². The molecule has 10 heteroatoms. The Morgan fingerprint density at radius 1 is 1.11 bits per heavy atom. The minimum absolute atomic E-state index is 0.257. The van der Waals surface area contributed by atoms with Gasteiger partial charge < -0.3 is 20.5 Å². The quantitative estimate of drug-likeness (QED) is 0.353. The van der Waals surface area contributed by atoms with Gasteiger partial charge >= 0.3 is 0 Å². The van der Waals surface area contributed by atoms with Gasteiger partial charge in [-0.2, -0.15) is 5.10 Å². The van der Waals surface area contributed by atoms with Crippen molar-refractivity contribution in [1.82, 2.24) is 30.0 Å². The van der Waals surface area contributed by atoms with E-state index in [1.807, 2.05) is 45.0 Å². The number of rotatable bonds is 9. The van der Waals surface area contributed by atoms with Crippen molar-refractivity contribution in [2.24, 2.45) is 0 Å². The Morgan fingerprint density at radius 2 is 1.89 bits per heavy atom. The van der Waals surface area contributed by atoms with Crippen LogP contribution in [0.2, 0.25) is 0 Å². The van der Waals surface area contributed by atoms with Gasteiger partial charge in [0, 0.05) is 31.5 Å². The van der Waals surface area contributed by atoms with Gasteiger partial charge in [-0.3, -0.25) is 9.78 Å². The predicted molar refractivity (Wildman–Crippen MR) is 133 cm³/mol. The zero-order valence-corrected chi connectivity index (χ0v) is 20.3. The second kappa shape index (κ2) is 10.1. The van der Waals surface area contributed by atoms with E-state index in [0.29, 0.717) is 41.5 Å². The highest BCUT2D eigenvalue weighted by Gasteiger charge is 2.28. The Morgan fingerprint density at radius 3 is 2.63 bits per heavy atom. The maximum absolute atomic E-state index is 12.9. The van der Waals surface area contributed by atoms with Crippen LogP contribution in [0.1, 0.15) is 29.9 Å². The van der Waals surface area contributed by atoms with Gasteiger partial charge in [0.05, 0.1) is 17.5 Å². The number of methoxy groups -OCH3 is 1. The summed E-state index contributed by atoms with van der Waals surface area (Å²) in [4.78, 5) is 25.7. The number of aromatic nitrogens is 5. The SMILES string of the molecule is COCCOc1ccnc(C(=O)NCC(C)(C)n2nc(-c3ccc(C)cc3)c3c(N)ncnc32)c1. The normalized spacial score (nSPS) is 11.5. The van der Waals surface area contributed by atoms with Crippen LogP contribution in [0.5, 0.6) is 5.75 Å². The summed E-state index contributed by atoms with van der Waals surface area (Å²) in [5, 5.41) is 8.49. The molecule has 0 radical (unpaired) electrons. The van der Waals surface area contributed by atoms with Crippen molar-refractivity contribution < 1.29 is 14.3 Å². The first-order valence-electron chi connectivity index (χ1n) is 11.2. The maximum atomic E-state index is 12.9. The number of pyridine rings is 1. The Bertz CT molecular complexity index is 1330. The molecule has 1 aromatic carbocycles. The molecule has 0 aliphatic carbocycles. The highest BCUT2D eigenvalue weighted by molar-refractivity contribution is 5.98. The van der Waals surface area contributed by atoms with Crippen LogP contribution in [-0.4, -0.2) is 57.5 Å². The molecular formula is C25H29N7O3. The molecule has 0 atom stereocenters. The zero-order chi connectivity index (χ0) is 25.0. The number of nitrogen functional groups attached to an aromatic ring is 1.